The van der Waals surface area contributed by atoms with Crippen LogP contribution in [0.5, 0.6) is 11.5 Å². The van der Waals surface area contributed by atoms with Gasteiger partial charge in [0.1, 0.15) is 11.5 Å². The minimum atomic E-state index is -0.787. The molecule has 0 aromatic heterocycles. The van der Waals surface area contributed by atoms with Gasteiger partial charge < -0.3 is 24.8 Å². The number of rotatable bonds is 5. The molecule has 0 unspecified atom stereocenters. The zero-order valence-corrected chi connectivity index (χ0v) is 16.7. The van der Waals surface area contributed by atoms with Crippen LogP contribution in [-0.4, -0.2) is 53.7 Å². The van der Waals surface area contributed by atoms with Crippen LogP contribution in [0.25, 0.3) is 0 Å². The smallest absolute Gasteiger partial charge is 0.507 e. The van der Waals surface area contributed by atoms with E-state index < -0.39 is 6.16 Å². The first-order chi connectivity index (χ1) is 14.5. The Morgan fingerprint density at radius 1 is 1.07 bits per heavy atom. The number of nitrogens with zero attached hydrogens (tertiary/aromatic N) is 1. The molecule has 2 amide bonds. The molecule has 0 atom stereocenters. The maximum atomic E-state index is 12.7. The van der Waals surface area contributed by atoms with Crippen LogP contribution in [0.1, 0.15) is 40.5 Å². The molecule has 1 fully saturated rings. The summed E-state index contributed by atoms with van der Waals surface area (Å²) in [7, 11) is 0. The number of aromatic hydroxyl groups is 1. The Kier molecular flexibility index (Phi) is 6.90. The number of nitrogens with one attached hydrogen (secondary N) is 1. The number of hydrogen-bond acceptors (Lipinski definition) is 6. The van der Waals surface area contributed by atoms with Crippen molar-refractivity contribution in [2.24, 2.45) is 0 Å². The topological polar surface area (TPSA) is 105 Å². The number of carbonyl (C=O) groups is 3. The van der Waals surface area contributed by atoms with E-state index in [0.29, 0.717) is 37.2 Å². The molecule has 0 aliphatic carbocycles. The van der Waals surface area contributed by atoms with Crippen LogP contribution < -0.4 is 10.1 Å². The van der Waals surface area contributed by atoms with Crippen molar-refractivity contribution in [3.63, 3.8) is 0 Å². The standard InChI is InChI=1S/C22H24N2O6/c1-2-29-22(28)30-17-9-7-15(8-10-17)21(27)24-13-11-16(12-14-24)23-20(26)18-5-3-4-6-19(18)25/h3-10,16,25H,2,11-14H2,1H3,(H,23,26). The van der Waals surface area contributed by atoms with Crippen molar-refractivity contribution in [2.75, 3.05) is 19.7 Å². The molecule has 1 aliphatic rings. The Labute approximate surface area is 174 Å². The number of phenols is 1. The average molecular weight is 412 g/mol. The molecule has 2 aromatic rings. The lowest BCUT2D eigenvalue weighted by molar-refractivity contribution is 0.0698. The van der Waals surface area contributed by atoms with Gasteiger partial charge in [0.25, 0.3) is 11.8 Å². The molecule has 1 aliphatic heterocycles. The quantitative estimate of drug-likeness (QED) is 0.578. The van der Waals surface area contributed by atoms with E-state index in [2.05, 4.69) is 5.32 Å². The minimum Gasteiger partial charge on any atom is -0.507 e. The summed E-state index contributed by atoms with van der Waals surface area (Å²) in [6.45, 7) is 2.92. The maximum absolute atomic E-state index is 12.7. The Balaban J connectivity index is 1.51. The van der Waals surface area contributed by atoms with E-state index in [-0.39, 0.29) is 35.8 Å². The number of benzene rings is 2. The molecule has 158 valence electrons. The van der Waals surface area contributed by atoms with Crippen molar-refractivity contribution in [2.45, 2.75) is 25.8 Å². The fourth-order valence-corrected chi connectivity index (χ4v) is 3.25. The Bertz CT molecular complexity index is 904. The second-order valence-corrected chi connectivity index (χ2v) is 6.87. The van der Waals surface area contributed by atoms with Crippen LogP contribution in [0, 0.1) is 0 Å². The SMILES string of the molecule is CCOC(=O)Oc1ccc(C(=O)N2CCC(NC(=O)c3ccccc3O)CC2)cc1. The van der Waals surface area contributed by atoms with E-state index in [0.717, 1.165) is 0 Å². The lowest BCUT2D eigenvalue weighted by Gasteiger charge is -2.32. The predicted molar refractivity (Wildman–Crippen MR) is 109 cm³/mol. The summed E-state index contributed by atoms with van der Waals surface area (Å²) in [5.74, 6) is -0.202. The van der Waals surface area contributed by atoms with E-state index in [1.165, 1.54) is 6.07 Å². The van der Waals surface area contributed by atoms with Gasteiger partial charge in [-0.2, -0.15) is 0 Å². The van der Waals surface area contributed by atoms with Crippen molar-refractivity contribution in [3.05, 3.63) is 59.7 Å². The highest BCUT2D eigenvalue weighted by molar-refractivity contribution is 5.97. The molecule has 0 spiro atoms. The van der Waals surface area contributed by atoms with Gasteiger partial charge in [0.2, 0.25) is 0 Å². The molecule has 1 saturated heterocycles. The molecule has 3 rings (SSSR count). The number of piperidine rings is 1. The fraction of sp³-hybridized carbons (Fsp3) is 0.318. The van der Waals surface area contributed by atoms with Crippen LogP contribution in [-0.2, 0) is 4.74 Å². The van der Waals surface area contributed by atoms with Gasteiger partial charge in [-0.25, -0.2) is 4.79 Å². The summed E-state index contributed by atoms with van der Waals surface area (Å²) in [6.07, 6.45) is 0.453. The van der Waals surface area contributed by atoms with E-state index in [1.807, 2.05) is 0 Å². The predicted octanol–water partition coefficient (Wildman–Crippen LogP) is 2.96. The lowest BCUT2D eigenvalue weighted by Crippen LogP contribution is -2.46. The molecule has 2 aromatic carbocycles. The first kappa shape index (κ1) is 21.2. The molecule has 0 radical (unpaired) electrons. The van der Waals surface area contributed by atoms with Crippen LogP contribution in [0.2, 0.25) is 0 Å². The van der Waals surface area contributed by atoms with E-state index in [9.17, 15) is 19.5 Å². The third-order valence-corrected chi connectivity index (χ3v) is 4.83. The Hall–Kier alpha value is -3.55. The van der Waals surface area contributed by atoms with E-state index >= 15 is 0 Å². The zero-order chi connectivity index (χ0) is 21.5. The molecule has 30 heavy (non-hydrogen) atoms. The first-order valence-corrected chi connectivity index (χ1v) is 9.80. The number of phenolic OH excluding ortho intramolecular Hbond substituents is 1. The third kappa shape index (κ3) is 5.28. The van der Waals surface area contributed by atoms with Crippen molar-refractivity contribution < 1.29 is 29.0 Å². The summed E-state index contributed by atoms with van der Waals surface area (Å²) >= 11 is 0. The number of hydrogen-bond donors (Lipinski definition) is 2. The van der Waals surface area contributed by atoms with Gasteiger partial charge in [-0.3, -0.25) is 9.59 Å². The van der Waals surface area contributed by atoms with E-state index in [1.54, 1.807) is 54.3 Å². The zero-order valence-electron chi connectivity index (χ0n) is 16.7. The van der Waals surface area contributed by atoms with Gasteiger partial charge in [0, 0.05) is 24.7 Å². The van der Waals surface area contributed by atoms with Gasteiger partial charge >= 0.3 is 6.16 Å². The Morgan fingerprint density at radius 3 is 2.37 bits per heavy atom. The van der Waals surface area contributed by atoms with E-state index in [4.69, 9.17) is 9.47 Å². The molecule has 2 N–H and O–H groups in total. The Morgan fingerprint density at radius 2 is 1.73 bits per heavy atom. The third-order valence-electron chi connectivity index (χ3n) is 4.83. The normalized spacial score (nSPS) is 14.1. The first-order valence-electron chi connectivity index (χ1n) is 9.80. The van der Waals surface area contributed by atoms with Gasteiger partial charge in [-0.15, -0.1) is 0 Å². The molecule has 0 saturated carbocycles. The summed E-state index contributed by atoms with van der Waals surface area (Å²) in [6, 6.07) is 12.6. The number of likely N-dealkylation sites (tertiary alicyclic amines) is 1. The van der Waals surface area contributed by atoms with Crippen LogP contribution in [0.4, 0.5) is 4.79 Å². The van der Waals surface area contributed by atoms with Gasteiger partial charge in [-0.05, 0) is 56.2 Å². The molecular formula is C22H24N2O6. The molecule has 1 heterocycles. The number of ether oxygens (including phenoxy) is 2. The second kappa shape index (κ2) is 9.78. The number of para-hydroxylation sites is 1. The average Bonchev–Trinajstić information content (AvgIpc) is 2.75. The highest BCUT2D eigenvalue weighted by Gasteiger charge is 2.25. The van der Waals surface area contributed by atoms with Crippen LogP contribution in [0.15, 0.2) is 48.5 Å². The van der Waals surface area contributed by atoms with Crippen molar-refractivity contribution in [3.8, 4) is 11.5 Å². The largest absolute Gasteiger partial charge is 0.513 e. The molecule has 0 bridgehead atoms. The van der Waals surface area contributed by atoms with Crippen molar-refractivity contribution in [1.29, 1.82) is 0 Å². The molecular weight excluding hydrogens is 388 g/mol. The van der Waals surface area contributed by atoms with Crippen LogP contribution in [0.3, 0.4) is 0 Å². The summed E-state index contributed by atoms with van der Waals surface area (Å²) < 4.78 is 9.70. The number of carbonyl (C=O) groups excluding carboxylic acids is 3. The highest BCUT2D eigenvalue weighted by atomic mass is 16.7. The van der Waals surface area contributed by atoms with Gasteiger partial charge in [-0.1, -0.05) is 12.1 Å². The summed E-state index contributed by atoms with van der Waals surface area (Å²) in [5.41, 5.74) is 0.726. The van der Waals surface area contributed by atoms with Crippen molar-refractivity contribution >= 4 is 18.0 Å². The second-order valence-electron chi connectivity index (χ2n) is 6.87. The molecule has 8 heteroatoms. The molecule has 8 nitrogen and oxygen atoms in total. The maximum Gasteiger partial charge on any atom is 0.513 e. The summed E-state index contributed by atoms with van der Waals surface area (Å²) in [4.78, 5) is 38.1. The summed E-state index contributed by atoms with van der Waals surface area (Å²) in [5, 5.41) is 12.7. The van der Waals surface area contributed by atoms with Crippen molar-refractivity contribution in [1.82, 2.24) is 10.2 Å². The van der Waals surface area contributed by atoms with Gasteiger partial charge in [0.05, 0.1) is 12.2 Å². The number of amides is 2. The van der Waals surface area contributed by atoms with Crippen LogP contribution >= 0.6 is 0 Å². The van der Waals surface area contributed by atoms with Gasteiger partial charge in [0.15, 0.2) is 0 Å². The fourth-order valence-electron chi connectivity index (χ4n) is 3.25. The minimum absolute atomic E-state index is 0.0574. The monoisotopic (exact) mass is 412 g/mol. The highest BCUT2D eigenvalue weighted by Crippen LogP contribution is 2.19. The lowest BCUT2D eigenvalue weighted by atomic mass is 10.0.